The van der Waals surface area contributed by atoms with Crippen molar-refractivity contribution in [3.05, 3.63) is 23.8 Å². The van der Waals surface area contributed by atoms with Crippen LogP contribution >= 0.6 is 0 Å². The van der Waals surface area contributed by atoms with Crippen molar-refractivity contribution in [2.75, 3.05) is 31.1 Å². The first kappa shape index (κ1) is 26.3. The van der Waals surface area contributed by atoms with Gasteiger partial charge in [-0.05, 0) is 95.8 Å². The predicted molar refractivity (Wildman–Crippen MR) is 150 cm³/mol. The van der Waals surface area contributed by atoms with Crippen molar-refractivity contribution < 1.29 is 18.9 Å². The Morgan fingerprint density at radius 2 is 1.66 bits per heavy atom. The molecule has 0 radical (unpaired) electrons. The Balaban J connectivity index is 1.30. The fourth-order valence-electron chi connectivity index (χ4n) is 7.41. The van der Waals surface area contributed by atoms with Crippen LogP contribution in [0.25, 0.3) is 0 Å². The smallest absolute Gasteiger partial charge is 0.399 e. The molecule has 0 aromatic heterocycles. The first-order valence-corrected chi connectivity index (χ1v) is 14.8. The number of rotatable bonds is 3. The lowest BCUT2D eigenvalue weighted by Crippen LogP contribution is -2.59. The third-order valence-corrected chi connectivity index (χ3v) is 10.7. The van der Waals surface area contributed by atoms with Gasteiger partial charge in [0.15, 0.2) is 0 Å². The van der Waals surface area contributed by atoms with Crippen LogP contribution in [0.2, 0.25) is 0 Å². The summed E-state index contributed by atoms with van der Waals surface area (Å²) in [6, 6.07) is 7.20. The van der Waals surface area contributed by atoms with Crippen molar-refractivity contribution in [3.8, 4) is 0 Å². The van der Waals surface area contributed by atoms with E-state index in [-0.39, 0.29) is 17.9 Å². The quantitative estimate of drug-likeness (QED) is 0.571. The number of carbonyl (C=O) groups is 2. The number of benzene rings is 1. The number of piperidine rings is 2. The molecule has 4 aliphatic heterocycles. The Bertz CT molecular complexity index is 1110. The van der Waals surface area contributed by atoms with Crippen molar-refractivity contribution in [1.29, 1.82) is 0 Å². The SMILES string of the molecule is CC(=O)N1CCC2(CC1)C(=O)N([C@H]1C[C@@H](N3CCC[C@@H](C)C3)C1)c1cc(B3OC(C)(C)C(C)(C)O3)ccc12. The largest absolute Gasteiger partial charge is 0.494 e. The number of amides is 2. The van der Waals surface area contributed by atoms with E-state index in [1.165, 1.54) is 25.9 Å². The van der Waals surface area contributed by atoms with E-state index in [4.69, 9.17) is 9.31 Å². The van der Waals surface area contributed by atoms with Crippen molar-refractivity contribution in [1.82, 2.24) is 9.80 Å². The third-order valence-electron chi connectivity index (χ3n) is 10.7. The molecule has 4 fully saturated rings. The second-order valence-corrected chi connectivity index (χ2v) is 13.6. The van der Waals surface area contributed by atoms with Crippen molar-refractivity contribution in [2.45, 2.75) is 109 Å². The maximum absolute atomic E-state index is 14.4. The molecule has 1 spiro atoms. The van der Waals surface area contributed by atoms with Gasteiger partial charge >= 0.3 is 7.12 Å². The van der Waals surface area contributed by atoms with Crippen LogP contribution in [0.1, 0.15) is 85.6 Å². The maximum Gasteiger partial charge on any atom is 0.494 e. The highest BCUT2D eigenvalue weighted by Crippen LogP contribution is 2.51. The predicted octanol–water partition coefficient (Wildman–Crippen LogP) is 3.48. The van der Waals surface area contributed by atoms with Crippen molar-refractivity contribution in [3.63, 3.8) is 0 Å². The Morgan fingerprint density at radius 1 is 1.00 bits per heavy atom. The summed E-state index contributed by atoms with van der Waals surface area (Å²) in [6.45, 7) is 15.9. The van der Waals surface area contributed by atoms with Crippen LogP contribution in [-0.4, -0.2) is 78.2 Å². The third kappa shape index (κ3) is 4.05. The Morgan fingerprint density at radius 3 is 2.26 bits per heavy atom. The Hall–Kier alpha value is -1.90. The second-order valence-electron chi connectivity index (χ2n) is 13.6. The molecule has 38 heavy (non-hydrogen) atoms. The van der Waals surface area contributed by atoms with E-state index in [0.717, 1.165) is 35.5 Å². The fraction of sp³-hybridized carbons (Fsp3) is 0.733. The van der Waals surface area contributed by atoms with E-state index in [0.29, 0.717) is 32.0 Å². The summed E-state index contributed by atoms with van der Waals surface area (Å²) in [6.07, 6.45) is 6.05. The van der Waals surface area contributed by atoms with Crippen molar-refractivity contribution >= 4 is 30.1 Å². The number of anilines is 1. The fourth-order valence-corrected chi connectivity index (χ4v) is 7.41. The van der Waals surface area contributed by atoms with E-state index in [2.05, 4.69) is 62.6 Å². The topological polar surface area (TPSA) is 62.3 Å². The summed E-state index contributed by atoms with van der Waals surface area (Å²) < 4.78 is 12.8. The number of carbonyl (C=O) groups excluding carboxylic acids is 2. The number of nitrogens with zero attached hydrogens (tertiary/aromatic N) is 3. The lowest BCUT2D eigenvalue weighted by molar-refractivity contribution is -0.134. The normalized spacial score (nSPS) is 32.0. The summed E-state index contributed by atoms with van der Waals surface area (Å²) in [5.41, 5.74) is 1.76. The molecule has 1 aromatic rings. The standard InChI is InChI=1S/C30H44BN3O4/c1-20-8-7-13-33(19-20)23-17-24(18-23)34-26-16-22(31-37-28(3,4)29(5,6)38-31)9-10-25(26)30(27(34)36)11-14-32(15-12-30)21(2)35/h9-10,16,20,23-24H,7-8,11-15,17-19H2,1-6H3/t20-,23-,24+/m1/s1. The van der Waals surface area contributed by atoms with Gasteiger partial charge < -0.3 is 19.1 Å². The van der Waals surface area contributed by atoms with E-state index < -0.39 is 23.7 Å². The van der Waals surface area contributed by atoms with Gasteiger partial charge in [0.05, 0.1) is 16.6 Å². The molecule has 4 heterocycles. The maximum atomic E-state index is 14.4. The molecule has 8 heteroatoms. The van der Waals surface area contributed by atoms with Gasteiger partial charge in [-0.25, -0.2) is 0 Å². The van der Waals surface area contributed by atoms with Gasteiger partial charge in [-0.1, -0.05) is 19.1 Å². The van der Waals surface area contributed by atoms with Gasteiger partial charge in [-0.3, -0.25) is 14.5 Å². The molecule has 6 rings (SSSR count). The minimum atomic E-state index is -0.541. The summed E-state index contributed by atoms with van der Waals surface area (Å²) in [4.78, 5) is 33.1. The zero-order valence-corrected chi connectivity index (χ0v) is 24.1. The molecule has 1 aromatic carbocycles. The van der Waals surface area contributed by atoms with Crippen LogP contribution in [-0.2, 0) is 24.3 Å². The molecular weight excluding hydrogens is 477 g/mol. The number of hydrogen-bond acceptors (Lipinski definition) is 5. The first-order valence-electron chi connectivity index (χ1n) is 14.8. The minimum Gasteiger partial charge on any atom is -0.399 e. The first-order chi connectivity index (χ1) is 17.9. The van der Waals surface area contributed by atoms with E-state index in [1.54, 1.807) is 6.92 Å². The van der Waals surface area contributed by atoms with Gasteiger partial charge in [-0.15, -0.1) is 0 Å². The summed E-state index contributed by atoms with van der Waals surface area (Å²) >= 11 is 0. The molecular formula is C30H44BN3O4. The van der Waals surface area contributed by atoms with Gasteiger partial charge in [-0.2, -0.15) is 0 Å². The monoisotopic (exact) mass is 521 g/mol. The lowest BCUT2D eigenvalue weighted by atomic mass is 9.71. The number of hydrogen-bond donors (Lipinski definition) is 0. The molecule has 0 N–H and O–H groups in total. The minimum absolute atomic E-state index is 0.0936. The van der Waals surface area contributed by atoms with E-state index in [9.17, 15) is 9.59 Å². The van der Waals surface area contributed by atoms with Crippen LogP contribution in [0.3, 0.4) is 0 Å². The molecule has 1 saturated carbocycles. The van der Waals surface area contributed by atoms with Crippen LogP contribution in [0, 0.1) is 5.92 Å². The number of likely N-dealkylation sites (tertiary alicyclic amines) is 2. The van der Waals surface area contributed by atoms with Gasteiger partial charge in [0.25, 0.3) is 0 Å². The molecule has 206 valence electrons. The molecule has 0 bridgehead atoms. The molecule has 7 nitrogen and oxygen atoms in total. The molecule has 1 aliphatic carbocycles. The average Bonchev–Trinajstić information content (AvgIpc) is 3.19. The zero-order chi connectivity index (χ0) is 27.0. The highest BCUT2D eigenvalue weighted by Gasteiger charge is 2.57. The van der Waals surface area contributed by atoms with Crippen LogP contribution in [0.4, 0.5) is 5.69 Å². The molecule has 2 amide bonds. The summed E-state index contributed by atoms with van der Waals surface area (Å²) in [7, 11) is -0.456. The van der Waals surface area contributed by atoms with Crippen LogP contribution in [0.5, 0.6) is 0 Å². The summed E-state index contributed by atoms with van der Waals surface area (Å²) in [5, 5.41) is 0. The highest BCUT2D eigenvalue weighted by atomic mass is 16.7. The number of fused-ring (bicyclic) bond motifs is 2. The summed E-state index contributed by atoms with van der Waals surface area (Å²) in [5.74, 6) is 1.09. The van der Waals surface area contributed by atoms with E-state index >= 15 is 0 Å². The highest BCUT2D eigenvalue weighted by molar-refractivity contribution is 6.62. The molecule has 0 unspecified atom stereocenters. The lowest BCUT2D eigenvalue weighted by Gasteiger charge is -2.49. The average molecular weight is 522 g/mol. The molecule has 1 atom stereocenters. The van der Waals surface area contributed by atoms with Crippen LogP contribution in [0.15, 0.2) is 18.2 Å². The molecule has 3 saturated heterocycles. The Kier molecular flexibility index (Phi) is 6.28. The van der Waals surface area contributed by atoms with Gasteiger partial charge in [0.2, 0.25) is 11.8 Å². The van der Waals surface area contributed by atoms with Gasteiger partial charge in [0, 0.05) is 44.3 Å². The second kappa shape index (κ2) is 9.07. The molecule has 5 aliphatic rings. The Labute approximate surface area is 228 Å². The van der Waals surface area contributed by atoms with Crippen molar-refractivity contribution in [2.24, 2.45) is 5.92 Å². The van der Waals surface area contributed by atoms with Gasteiger partial charge in [0.1, 0.15) is 0 Å². The van der Waals surface area contributed by atoms with Crippen LogP contribution < -0.4 is 10.4 Å². The zero-order valence-electron chi connectivity index (χ0n) is 24.1. The van der Waals surface area contributed by atoms with E-state index in [1.807, 2.05) is 4.90 Å².